The Labute approximate surface area is 241 Å². The minimum Gasteiger partial charge on any atom is -0.479 e. The lowest BCUT2D eigenvalue weighted by Crippen LogP contribution is -2.48. The van der Waals surface area contributed by atoms with Gasteiger partial charge in [-0.1, -0.05) is 85.8 Å². The highest BCUT2D eigenvalue weighted by Gasteiger charge is 2.30. The summed E-state index contributed by atoms with van der Waals surface area (Å²) in [5, 5.41) is 36.5. The van der Waals surface area contributed by atoms with Gasteiger partial charge in [0.2, 0.25) is 0 Å². The average Bonchev–Trinajstić information content (AvgIpc) is 3.68. The van der Waals surface area contributed by atoms with Gasteiger partial charge in [0.15, 0.2) is 11.9 Å². The minimum atomic E-state index is -1.80. The Balaban J connectivity index is 1.34. The Bertz CT molecular complexity index is 1630. The van der Waals surface area contributed by atoms with Crippen LogP contribution >= 0.6 is 0 Å². The lowest BCUT2D eigenvalue weighted by molar-refractivity contribution is -0.148. The molecule has 0 aliphatic carbocycles. The van der Waals surface area contributed by atoms with Gasteiger partial charge in [-0.3, -0.25) is 4.79 Å². The van der Waals surface area contributed by atoms with E-state index in [2.05, 4.69) is 30.9 Å². The van der Waals surface area contributed by atoms with Crippen LogP contribution in [0.3, 0.4) is 0 Å². The maximum atomic E-state index is 13.1. The van der Waals surface area contributed by atoms with Crippen molar-refractivity contribution in [2.75, 3.05) is 0 Å². The number of tetrazole rings is 1. The van der Waals surface area contributed by atoms with Gasteiger partial charge in [0.1, 0.15) is 5.76 Å². The summed E-state index contributed by atoms with van der Waals surface area (Å²) in [5.74, 6) is -1.12. The number of carbonyl (C=O) groups is 2. The van der Waals surface area contributed by atoms with Crippen molar-refractivity contribution in [3.05, 3.63) is 107 Å². The van der Waals surface area contributed by atoms with Crippen LogP contribution in [0.15, 0.2) is 83.3 Å². The summed E-state index contributed by atoms with van der Waals surface area (Å²) < 4.78 is 5.86. The number of aromatic nitrogens is 5. The van der Waals surface area contributed by atoms with Crippen LogP contribution in [0.4, 0.5) is 0 Å². The van der Waals surface area contributed by atoms with E-state index >= 15 is 0 Å². The van der Waals surface area contributed by atoms with E-state index in [4.69, 9.17) is 4.42 Å². The van der Waals surface area contributed by atoms with Crippen LogP contribution in [0.2, 0.25) is 0 Å². The highest BCUT2D eigenvalue weighted by atomic mass is 16.4. The number of hydrogen-bond acceptors (Lipinski definition) is 8. The van der Waals surface area contributed by atoms with E-state index in [1.54, 1.807) is 24.3 Å². The number of oxazole rings is 1. The zero-order chi connectivity index (χ0) is 29.5. The molecule has 0 bridgehead atoms. The molecule has 1 amide bonds. The van der Waals surface area contributed by atoms with Gasteiger partial charge >= 0.3 is 11.9 Å². The van der Waals surface area contributed by atoms with Crippen molar-refractivity contribution < 1.29 is 24.2 Å². The number of carbonyl (C=O) groups excluding carboxylic acids is 1. The molecule has 2 atom stereocenters. The second kappa shape index (κ2) is 13.0. The van der Waals surface area contributed by atoms with Crippen molar-refractivity contribution >= 4 is 11.9 Å². The molecule has 42 heavy (non-hydrogen) atoms. The van der Waals surface area contributed by atoms with E-state index in [0.29, 0.717) is 30.1 Å². The first-order valence-corrected chi connectivity index (χ1v) is 13.6. The molecular weight excluding hydrogens is 536 g/mol. The van der Waals surface area contributed by atoms with Crippen LogP contribution in [0, 0.1) is 0 Å². The number of amides is 1. The third-order valence-electron chi connectivity index (χ3n) is 6.86. The SMILES string of the molecule is CCCc1oc(C(=O)N[C@H](Cc2ccccc2)[C@@H](O)C(=O)O)nc1Cc1ccc(-c2ccccc2-c2nnn[nH]2)cc1. The van der Waals surface area contributed by atoms with E-state index in [-0.39, 0.29) is 12.3 Å². The summed E-state index contributed by atoms with van der Waals surface area (Å²) in [6.45, 7) is 2.00. The summed E-state index contributed by atoms with van der Waals surface area (Å²) >= 11 is 0. The third-order valence-corrected chi connectivity index (χ3v) is 6.86. The number of aromatic amines is 1. The largest absolute Gasteiger partial charge is 0.479 e. The summed E-state index contributed by atoms with van der Waals surface area (Å²) in [6, 6.07) is 23.8. The number of hydrogen-bond donors (Lipinski definition) is 4. The van der Waals surface area contributed by atoms with Crippen molar-refractivity contribution in [3.8, 4) is 22.5 Å². The number of nitrogens with zero attached hydrogens (tertiary/aromatic N) is 4. The van der Waals surface area contributed by atoms with E-state index in [1.165, 1.54) is 0 Å². The molecule has 4 N–H and O–H groups in total. The lowest BCUT2D eigenvalue weighted by Gasteiger charge is -2.20. The molecule has 2 heterocycles. The second-order valence-electron chi connectivity index (χ2n) is 9.86. The van der Waals surface area contributed by atoms with Gasteiger partial charge in [-0.15, -0.1) is 5.10 Å². The first kappa shape index (κ1) is 28.4. The van der Waals surface area contributed by atoms with Gasteiger partial charge in [0, 0.05) is 18.4 Å². The van der Waals surface area contributed by atoms with Gasteiger partial charge in [0.25, 0.3) is 5.89 Å². The standard InChI is InChI=1S/C31H30N6O5/c1-2-8-26-24(17-20-13-15-21(16-14-20)22-11-6-7-12-23(22)28-34-36-37-35-28)33-30(42-26)29(39)32-25(27(38)31(40)41)18-19-9-4-3-5-10-19/h3-7,9-16,25,27,38H,2,8,17-18H2,1H3,(H,32,39)(H,40,41)(H,34,35,36,37)/t25-,27-/m1/s1. The molecule has 3 aromatic carbocycles. The molecule has 0 fully saturated rings. The van der Waals surface area contributed by atoms with E-state index in [1.807, 2.05) is 61.5 Å². The second-order valence-corrected chi connectivity index (χ2v) is 9.86. The molecule has 11 heteroatoms. The first-order chi connectivity index (χ1) is 20.4. The molecule has 5 rings (SSSR count). The molecular formula is C31H30N6O5. The van der Waals surface area contributed by atoms with E-state index < -0.39 is 24.0 Å². The van der Waals surface area contributed by atoms with E-state index in [0.717, 1.165) is 34.2 Å². The van der Waals surface area contributed by atoms with Crippen molar-refractivity contribution in [1.29, 1.82) is 0 Å². The normalized spacial score (nSPS) is 12.5. The van der Waals surface area contributed by atoms with Crippen LogP contribution in [0.5, 0.6) is 0 Å². The fourth-order valence-corrected chi connectivity index (χ4v) is 4.76. The number of H-pyrrole nitrogens is 1. The number of benzene rings is 3. The molecule has 0 saturated heterocycles. The Kier molecular flexibility index (Phi) is 8.78. The number of nitrogens with one attached hydrogen (secondary N) is 2. The molecule has 11 nitrogen and oxygen atoms in total. The number of aliphatic carboxylic acids is 1. The predicted molar refractivity (Wildman–Crippen MR) is 153 cm³/mol. The van der Waals surface area contributed by atoms with Gasteiger partial charge in [0.05, 0.1) is 11.7 Å². The Morgan fingerprint density at radius 1 is 0.952 bits per heavy atom. The van der Waals surface area contributed by atoms with Crippen molar-refractivity contribution in [1.82, 2.24) is 30.9 Å². The molecule has 5 aromatic rings. The fourth-order valence-electron chi connectivity index (χ4n) is 4.76. The first-order valence-electron chi connectivity index (χ1n) is 13.6. The fraction of sp³-hybridized carbons (Fsp3) is 0.226. The van der Waals surface area contributed by atoms with Crippen LogP contribution in [0.1, 0.15) is 46.6 Å². The molecule has 0 radical (unpaired) electrons. The Hall–Kier alpha value is -5.16. The highest BCUT2D eigenvalue weighted by Crippen LogP contribution is 2.30. The Morgan fingerprint density at radius 3 is 2.33 bits per heavy atom. The third kappa shape index (κ3) is 6.58. The highest BCUT2D eigenvalue weighted by molar-refractivity contribution is 5.90. The molecule has 0 unspecified atom stereocenters. The zero-order valence-electron chi connectivity index (χ0n) is 22.9. The maximum absolute atomic E-state index is 13.1. The summed E-state index contributed by atoms with van der Waals surface area (Å²) in [6.07, 6.45) is 0.118. The van der Waals surface area contributed by atoms with Crippen LogP contribution in [-0.2, 0) is 24.1 Å². The number of aryl methyl sites for hydroxylation is 1. The number of carboxylic acids is 1. The van der Waals surface area contributed by atoms with Gasteiger partial charge in [-0.2, -0.15) is 0 Å². The molecule has 0 saturated carbocycles. The van der Waals surface area contributed by atoms with E-state index in [9.17, 15) is 19.8 Å². The molecule has 0 aliphatic heterocycles. The molecule has 214 valence electrons. The smallest absolute Gasteiger partial charge is 0.334 e. The Morgan fingerprint density at radius 2 is 1.67 bits per heavy atom. The summed E-state index contributed by atoms with van der Waals surface area (Å²) in [7, 11) is 0. The predicted octanol–water partition coefficient (Wildman–Crippen LogP) is 3.85. The van der Waals surface area contributed by atoms with Gasteiger partial charge in [-0.25, -0.2) is 14.9 Å². The minimum absolute atomic E-state index is 0.123. The molecule has 0 aliphatic rings. The topological polar surface area (TPSA) is 167 Å². The maximum Gasteiger partial charge on any atom is 0.334 e. The quantitative estimate of drug-likeness (QED) is 0.175. The number of aliphatic hydroxyl groups is 1. The molecule has 0 spiro atoms. The zero-order valence-corrected chi connectivity index (χ0v) is 22.9. The molecule has 2 aromatic heterocycles. The average molecular weight is 567 g/mol. The van der Waals surface area contributed by atoms with Crippen LogP contribution in [-0.4, -0.2) is 59.8 Å². The van der Waals surface area contributed by atoms with Crippen LogP contribution in [0.25, 0.3) is 22.5 Å². The summed E-state index contributed by atoms with van der Waals surface area (Å²) in [4.78, 5) is 29.2. The number of aliphatic hydroxyl groups excluding tert-OH is 1. The number of carboxylic acid groups (broad SMARTS) is 1. The van der Waals surface area contributed by atoms with Crippen molar-refractivity contribution in [3.63, 3.8) is 0 Å². The van der Waals surface area contributed by atoms with Crippen LogP contribution < -0.4 is 5.32 Å². The van der Waals surface area contributed by atoms with Crippen molar-refractivity contribution in [2.24, 2.45) is 0 Å². The monoisotopic (exact) mass is 566 g/mol. The lowest BCUT2D eigenvalue weighted by atomic mass is 9.97. The van der Waals surface area contributed by atoms with Gasteiger partial charge in [-0.05, 0) is 45.5 Å². The summed E-state index contributed by atoms with van der Waals surface area (Å²) in [5.41, 5.74) is 5.21. The number of rotatable bonds is 12. The van der Waals surface area contributed by atoms with Crippen molar-refractivity contribution in [2.45, 2.75) is 44.8 Å². The van der Waals surface area contributed by atoms with Gasteiger partial charge < -0.3 is 19.9 Å².